The molecule has 3 aromatic rings. The molecule has 0 spiro atoms. The van der Waals surface area contributed by atoms with E-state index in [0.717, 1.165) is 36.0 Å². The van der Waals surface area contributed by atoms with Gasteiger partial charge < -0.3 is 10.2 Å². The number of rotatable bonds is 4. The number of hydrogen-bond acceptors (Lipinski definition) is 6. The van der Waals surface area contributed by atoms with E-state index >= 15 is 0 Å². The zero-order valence-corrected chi connectivity index (χ0v) is 14.7. The number of fused-ring (bicyclic) bond motifs is 1. The lowest BCUT2D eigenvalue weighted by Gasteiger charge is -2.28. The van der Waals surface area contributed by atoms with E-state index in [0.29, 0.717) is 12.3 Å². The number of aryl methyl sites for hydroxylation is 1. The van der Waals surface area contributed by atoms with E-state index in [1.54, 1.807) is 4.52 Å². The van der Waals surface area contributed by atoms with Crippen molar-refractivity contribution < 1.29 is 0 Å². The van der Waals surface area contributed by atoms with Crippen LogP contribution in [-0.4, -0.2) is 37.7 Å². The molecular weight excluding hydrogens is 314 g/mol. The third kappa shape index (κ3) is 3.14. The summed E-state index contributed by atoms with van der Waals surface area (Å²) in [4.78, 5) is 15.6. The summed E-state index contributed by atoms with van der Waals surface area (Å²) in [6.07, 6.45) is 7.27. The van der Waals surface area contributed by atoms with E-state index in [4.69, 9.17) is 0 Å². The summed E-state index contributed by atoms with van der Waals surface area (Å²) in [6, 6.07) is 4.24. The third-order valence-corrected chi connectivity index (χ3v) is 4.86. The molecule has 0 unspecified atom stereocenters. The molecule has 1 N–H and O–H groups in total. The molecule has 3 aromatic heterocycles. The van der Waals surface area contributed by atoms with Crippen molar-refractivity contribution in [2.45, 2.75) is 39.7 Å². The number of hydrogen-bond donors (Lipinski definition) is 1. The second-order valence-electron chi connectivity index (χ2n) is 6.57. The highest BCUT2D eigenvalue weighted by atomic mass is 15.4. The highest BCUT2D eigenvalue weighted by Crippen LogP contribution is 2.21. The van der Waals surface area contributed by atoms with Crippen LogP contribution in [0.25, 0.3) is 5.78 Å². The van der Waals surface area contributed by atoms with Crippen molar-refractivity contribution in [1.29, 1.82) is 0 Å². The lowest BCUT2D eigenvalue weighted by atomic mass is 10.1. The SMILES string of the molecule is Cc1nc2ncnn2c(NCc2ccnc(N3CCCCC3)c2)c1C. The monoisotopic (exact) mass is 337 g/mol. The largest absolute Gasteiger partial charge is 0.366 e. The van der Waals surface area contributed by atoms with Gasteiger partial charge in [-0.25, -0.2) is 9.97 Å². The number of nitrogens with zero attached hydrogens (tertiary/aromatic N) is 6. The second-order valence-corrected chi connectivity index (χ2v) is 6.57. The number of nitrogens with one attached hydrogen (secondary N) is 1. The molecule has 4 rings (SSSR count). The number of aromatic nitrogens is 5. The first kappa shape index (κ1) is 15.8. The fraction of sp³-hybridized carbons (Fsp3) is 0.444. The van der Waals surface area contributed by atoms with Crippen molar-refractivity contribution in [1.82, 2.24) is 24.6 Å². The van der Waals surface area contributed by atoms with Gasteiger partial charge in [-0.1, -0.05) is 0 Å². The van der Waals surface area contributed by atoms with E-state index in [-0.39, 0.29) is 0 Å². The van der Waals surface area contributed by atoms with Gasteiger partial charge in [-0.3, -0.25) is 0 Å². The van der Waals surface area contributed by atoms with E-state index in [2.05, 4.69) is 49.3 Å². The van der Waals surface area contributed by atoms with Crippen LogP contribution in [0.15, 0.2) is 24.7 Å². The molecule has 7 nitrogen and oxygen atoms in total. The lowest BCUT2D eigenvalue weighted by molar-refractivity contribution is 0.573. The fourth-order valence-corrected chi connectivity index (χ4v) is 3.29. The predicted molar refractivity (Wildman–Crippen MR) is 97.9 cm³/mol. The van der Waals surface area contributed by atoms with E-state index in [1.807, 2.05) is 13.1 Å². The van der Waals surface area contributed by atoms with Gasteiger partial charge in [0.2, 0.25) is 0 Å². The van der Waals surface area contributed by atoms with Gasteiger partial charge in [0.1, 0.15) is 18.0 Å². The highest BCUT2D eigenvalue weighted by Gasteiger charge is 2.13. The molecule has 25 heavy (non-hydrogen) atoms. The molecule has 0 radical (unpaired) electrons. The van der Waals surface area contributed by atoms with Crippen molar-refractivity contribution in [3.63, 3.8) is 0 Å². The van der Waals surface area contributed by atoms with Crippen LogP contribution in [0.5, 0.6) is 0 Å². The van der Waals surface area contributed by atoms with Gasteiger partial charge in [0.25, 0.3) is 5.78 Å². The Hall–Kier alpha value is -2.70. The third-order valence-electron chi connectivity index (χ3n) is 4.86. The Morgan fingerprint density at radius 2 is 1.96 bits per heavy atom. The number of anilines is 2. The van der Waals surface area contributed by atoms with Gasteiger partial charge in [-0.05, 0) is 50.8 Å². The Labute approximate surface area is 147 Å². The summed E-state index contributed by atoms with van der Waals surface area (Å²) < 4.78 is 1.76. The van der Waals surface area contributed by atoms with Crippen molar-refractivity contribution in [3.05, 3.63) is 41.5 Å². The van der Waals surface area contributed by atoms with Crippen molar-refractivity contribution in [3.8, 4) is 0 Å². The normalized spacial score (nSPS) is 14.9. The zero-order chi connectivity index (χ0) is 17.2. The second kappa shape index (κ2) is 6.66. The van der Waals surface area contributed by atoms with Crippen molar-refractivity contribution in [2.75, 3.05) is 23.3 Å². The molecule has 0 bridgehead atoms. The predicted octanol–water partition coefficient (Wildman–Crippen LogP) is 2.74. The quantitative estimate of drug-likeness (QED) is 0.789. The van der Waals surface area contributed by atoms with E-state index in [9.17, 15) is 0 Å². The van der Waals surface area contributed by atoms with Crippen LogP contribution < -0.4 is 10.2 Å². The Bertz CT molecular complexity index is 880. The average molecular weight is 337 g/mol. The lowest BCUT2D eigenvalue weighted by Crippen LogP contribution is -2.30. The maximum Gasteiger partial charge on any atom is 0.254 e. The van der Waals surface area contributed by atoms with Gasteiger partial charge in [-0.15, -0.1) is 0 Å². The number of piperidine rings is 1. The van der Waals surface area contributed by atoms with Crippen LogP contribution in [0.3, 0.4) is 0 Å². The van der Waals surface area contributed by atoms with E-state index < -0.39 is 0 Å². The summed E-state index contributed by atoms with van der Waals surface area (Å²) in [6.45, 7) is 6.97. The molecule has 130 valence electrons. The molecule has 1 aliphatic rings. The van der Waals surface area contributed by atoms with Crippen LogP contribution in [-0.2, 0) is 6.54 Å². The van der Waals surface area contributed by atoms with Crippen LogP contribution >= 0.6 is 0 Å². The van der Waals surface area contributed by atoms with Crippen LogP contribution in [0.1, 0.15) is 36.1 Å². The molecule has 0 aromatic carbocycles. The molecule has 4 heterocycles. The Morgan fingerprint density at radius 1 is 1.12 bits per heavy atom. The summed E-state index contributed by atoms with van der Waals surface area (Å²) in [5.74, 6) is 2.64. The topological polar surface area (TPSA) is 71.2 Å². The molecule has 7 heteroatoms. The minimum atomic E-state index is 0.620. The van der Waals surface area contributed by atoms with Crippen LogP contribution in [0.4, 0.5) is 11.6 Å². The van der Waals surface area contributed by atoms with Crippen LogP contribution in [0.2, 0.25) is 0 Å². The summed E-state index contributed by atoms with van der Waals surface area (Å²) in [7, 11) is 0. The molecule has 0 aliphatic carbocycles. The first-order valence-electron chi connectivity index (χ1n) is 8.83. The zero-order valence-electron chi connectivity index (χ0n) is 14.7. The summed E-state index contributed by atoms with van der Waals surface area (Å²) in [5, 5.41) is 7.79. The van der Waals surface area contributed by atoms with Crippen LogP contribution in [0, 0.1) is 13.8 Å². The molecular formula is C18H23N7. The first-order valence-corrected chi connectivity index (χ1v) is 8.83. The average Bonchev–Trinajstić information content (AvgIpc) is 3.11. The molecule has 0 atom stereocenters. The minimum Gasteiger partial charge on any atom is -0.366 e. The first-order chi connectivity index (χ1) is 12.2. The number of pyridine rings is 1. The molecule has 0 amide bonds. The van der Waals surface area contributed by atoms with Gasteiger partial charge in [0.05, 0.1) is 0 Å². The van der Waals surface area contributed by atoms with Gasteiger partial charge in [-0.2, -0.15) is 14.6 Å². The Kier molecular flexibility index (Phi) is 4.21. The molecule has 0 saturated carbocycles. The standard InChI is InChI=1S/C18H23N7/c1-13-14(2)23-18-21-12-22-25(18)17(13)20-11-15-6-7-19-16(10-15)24-8-4-3-5-9-24/h6-7,10,12,20H,3-5,8-9,11H2,1-2H3. The van der Waals surface area contributed by atoms with Gasteiger partial charge in [0.15, 0.2) is 0 Å². The minimum absolute atomic E-state index is 0.620. The molecule has 1 aliphatic heterocycles. The smallest absolute Gasteiger partial charge is 0.254 e. The highest BCUT2D eigenvalue weighted by molar-refractivity contribution is 5.52. The maximum atomic E-state index is 4.55. The van der Waals surface area contributed by atoms with Crippen molar-refractivity contribution in [2.24, 2.45) is 0 Å². The fourth-order valence-electron chi connectivity index (χ4n) is 3.29. The molecule has 1 fully saturated rings. The van der Waals surface area contributed by atoms with E-state index in [1.165, 1.54) is 31.2 Å². The Morgan fingerprint density at radius 3 is 2.80 bits per heavy atom. The summed E-state index contributed by atoms with van der Waals surface area (Å²) in [5.41, 5.74) is 3.26. The van der Waals surface area contributed by atoms with Gasteiger partial charge in [0, 0.05) is 37.1 Å². The van der Waals surface area contributed by atoms with Gasteiger partial charge >= 0.3 is 0 Å². The van der Waals surface area contributed by atoms with Crippen molar-refractivity contribution >= 4 is 17.4 Å². The summed E-state index contributed by atoms with van der Waals surface area (Å²) >= 11 is 0. The molecule has 1 saturated heterocycles. The Balaban J connectivity index is 1.56. The maximum absolute atomic E-state index is 4.55.